The van der Waals surface area contributed by atoms with Crippen LogP contribution in [0, 0.1) is 26.6 Å². The molecule has 1 aliphatic heterocycles. The minimum Gasteiger partial charge on any atom is -0.294 e. The van der Waals surface area contributed by atoms with Crippen LogP contribution in [0.1, 0.15) is 46.5 Å². The summed E-state index contributed by atoms with van der Waals surface area (Å²) in [5.74, 6) is -0.774. The molecule has 1 fully saturated rings. The molecule has 3 amide bonds. The molecule has 0 aromatic heterocycles. The highest BCUT2D eigenvalue weighted by Crippen LogP contribution is 2.30. The maximum Gasteiger partial charge on any atom is 0.332 e. The first-order valence-electron chi connectivity index (χ1n) is 9.14. The first-order chi connectivity index (χ1) is 13.1. The van der Waals surface area contributed by atoms with Crippen LogP contribution in [0.2, 0.25) is 0 Å². The maximum absolute atomic E-state index is 13.2. The second kappa shape index (κ2) is 7.19. The zero-order chi connectivity index (χ0) is 20.7. The highest BCUT2D eigenvalue weighted by atomic mass is 19.1. The number of hydrogen-bond acceptors (Lipinski definition) is 3. The Morgan fingerprint density at radius 3 is 2.25 bits per heavy atom. The zero-order valence-corrected chi connectivity index (χ0v) is 16.7. The fraction of sp³-hybridized carbons (Fsp3) is 0.318. The van der Waals surface area contributed by atoms with Gasteiger partial charge in [-0.3, -0.25) is 19.4 Å². The van der Waals surface area contributed by atoms with Gasteiger partial charge in [0, 0.05) is 11.3 Å². The summed E-state index contributed by atoms with van der Waals surface area (Å²) >= 11 is 0. The molecule has 0 N–H and O–H groups in total. The Hall–Kier alpha value is -3.02. The number of nitrogens with zero attached hydrogens (tertiary/aromatic N) is 2. The average Bonchev–Trinajstić information content (AvgIpc) is 2.82. The molecule has 1 aliphatic rings. The SMILES string of the molecule is CC(=O)c1c(C)cc(C)c(CN2C(=O)C(C)N(c3ccc(F)cc3)C2=O)c1C. The molecule has 1 heterocycles. The van der Waals surface area contributed by atoms with Crippen molar-refractivity contribution in [1.82, 2.24) is 4.90 Å². The lowest BCUT2D eigenvalue weighted by molar-refractivity contribution is -0.127. The lowest BCUT2D eigenvalue weighted by Gasteiger charge is -2.21. The predicted molar refractivity (Wildman–Crippen MR) is 105 cm³/mol. The van der Waals surface area contributed by atoms with E-state index in [0.29, 0.717) is 11.3 Å². The van der Waals surface area contributed by atoms with Crippen LogP contribution in [0.4, 0.5) is 14.9 Å². The molecule has 2 aromatic rings. The molecule has 0 saturated carbocycles. The van der Waals surface area contributed by atoms with Crippen molar-refractivity contribution >= 4 is 23.4 Å². The Bertz CT molecular complexity index is 982. The Labute approximate surface area is 163 Å². The molecule has 0 bridgehead atoms. The summed E-state index contributed by atoms with van der Waals surface area (Å²) in [6, 6.07) is 6.26. The Morgan fingerprint density at radius 1 is 1.07 bits per heavy atom. The summed E-state index contributed by atoms with van der Waals surface area (Å²) in [6.45, 7) is 8.89. The van der Waals surface area contributed by atoms with E-state index in [9.17, 15) is 18.8 Å². The van der Waals surface area contributed by atoms with E-state index in [0.717, 1.165) is 22.3 Å². The van der Waals surface area contributed by atoms with E-state index >= 15 is 0 Å². The molecule has 3 rings (SSSR count). The second-order valence-electron chi connectivity index (χ2n) is 7.27. The summed E-state index contributed by atoms with van der Waals surface area (Å²) in [7, 11) is 0. The van der Waals surface area contributed by atoms with Gasteiger partial charge < -0.3 is 0 Å². The van der Waals surface area contributed by atoms with Gasteiger partial charge in [-0.1, -0.05) is 6.07 Å². The number of ketones is 1. The fourth-order valence-electron chi connectivity index (χ4n) is 3.98. The molecule has 146 valence electrons. The predicted octanol–water partition coefficient (Wildman–Crippen LogP) is 4.31. The molecule has 5 nitrogen and oxygen atoms in total. The summed E-state index contributed by atoms with van der Waals surface area (Å²) < 4.78 is 13.2. The number of imide groups is 1. The van der Waals surface area contributed by atoms with Crippen LogP contribution in [0.15, 0.2) is 30.3 Å². The number of halogens is 1. The number of anilines is 1. The third kappa shape index (κ3) is 3.19. The minimum absolute atomic E-state index is 0.0448. The van der Waals surface area contributed by atoms with E-state index < -0.39 is 17.9 Å². The summed E-state index contributed by atoms with van der Waals surface area (Å²) in [5.41, 5.74) is 4.49. The first kappa shape index (κ1) is 19.7. The van der Waals surface area contributed by atoms with E-state index in [1.54, 1.807) is 6.92 Å². The van der Waals surface area contributed by atoms with Crippen molar-refractivity contribution in [3.05, 3.63) is 64.0 Å². The van der Waals surface area contributed by atoms with Gasteiger partial charge in [-0.2, -0.15) is 0 Å². The van der Waals surface area contributed by atoms with Gasteiger partial charge in [-0.25, -0.2) is 9.18 Å². The lowest BCUT2D eigenvalue weighted by atomic mass is 9.91. The van der Waals surface area contributed by atoms with Crippen molar-refractivity contribution in [2.24, 2.45) is 0 Å². The number of carbonyl (C=O) groups excluding carboxylic acids is 3. The van der Waals surface area contributed by atoms with Crippen LogP contribution in [0.3, 0.4) is 0 Å². The van der Waals surface area contributed by atoms with E-state index in [1.807, 2.05) is 26.8 Å². The Balaban J connectivity index is 1.98. The molecule has 1 saturated heterocycles. The highest BCUT2D eigenvalue weighted by Gasteiger charge is 2.43. The van der Waals surface area contributed by atoms with Crippen molar-refractivity contribution in [1.29, 1.82) is 0 Å². The smallest absolute Gasteiger partial charge is 0.294 e. The molecule has 0 radical (unpaired) electrons. The van der Waals surface area contributed by atoms with Gasteiger partial charge in [0.15, 0.2) is 5.78 Å². The Morgan fingerprint density at radius 2 is 1.68 bits per heavy atom. The summed E-state index contributed by atoms with van der Waals surface area (Å²) in [5, 5.41) is 0. The van der Waals surface area contributed by atoms with Gasteiger partial charge in [0.1, 0.15) is 11.9 Å². The number of aryl methyl sites for hydroxylation is 2. The van der Waals surface area contributed by atoms with E-state index in [1.165, 1.54) is 41.0 Å². The number of carbonyl (C=O) groups is 3. The van der Waals surface area contributed by atoms with Crippen molar-refractivity contribution in [3.8, 4) is 0 Å². The van der Waals surface area contributed by atoms with Gasteiger partial charge in [0.2, 0.25) is 0 Å². The molecule has 1 atom stereocenters. The van der Waals surface area contributed by atoms with Gasteiger partial charge in [-0.05, 0) is 81.1 Å². The largest absolute Gasteiger partial charge is 0.332 e. The quantitative estimate of drug-likeness (QED) is 0.585. The van der Waals surface area contributed by atoms with Crippen molar-refractivity contribution in [2.45, 2.75) is 47.2 Å². The molecule has 28 heavy (non-hydrogen) atoms. The van der Waals surface area contributed by atoms with Crippen molar-refractivity contribution in [2.75, 3.05) is 4.90 Å². The van der Waals surface area contributed by atoms with Crippen LogP contribution in [-0.4, -0.2) is 28.7 Å². The third-order valence-electron chi connectivity index (χ3n) is 5.35. The van der Waals surface area contributed by atoms with Gasteiger partial charge in [-0.15, -0.1) is 0 Å². The van der Waals surface area contributed by atoms with E-state index in [-0.39, 0.29) is 18.2 Å². The second-order valence-corrected chi connectivity index (χ2v) is 7.27. The summed E-state index contributed by atoms with van der Waals surface area (Å²) in [4.78, 5) is 40.4. The number of amides is 3. The lowest BCUT2D eigenvalue weighted by Crippen LogP contribution is -2.34. The highest BCUT2D eigenvalue weighted by molar-refractivity contribution is 6.14. The maximum atomic E-state index is 13.2. The van der Waals surface area contributed by atoms with Crippen LogP contribution in [0.25, 0.3) is 0 Å². The normalized spacial score (nSPS) is 16.9. The number of Topliss-reactive ketones (excluding diaryl/α,β-unsaturated/α-hetero) is 1. The number of urea groups is 1. The molecule has 2 aromatic carbocycles. The van der Waals surface area contributed by atoms with E-state index in [4.69, 9.17) is 0 Å². The average molecular weight is 382 g/mol. The third-order valence-corrected chi connectivity index (χ3v) is 5.35. The molecule has 1 unspecified atom stereocenters. The number of rotatable bonds is 4. The van der Waals surface area contributed by atoms with Gasteiger partial charge in [0.05, 0.1) is 6.54 Å². The van der Waals surface area contributed by atoms with Crippen molar-refractivity contribution < 1.29 is 18.8 Å². The van der Waals surface area contributed by atoms with E-state index in [2.05, 4.69) is 0 Å². The fourth-order valence-corrected chi connectivity index (χ4v) is 3.98. The number of benzene rings is 2. The minimum atomic E-state index is -0.684. The van der Waals surface area contributed by atoms with Crippen molar-refractivity contribution in [3.63, 3.8) is 0 Å². The van der Waals surface area contributed by atoms with Gasteiger partial charge >= 0.3 is 6.03 Å². The van der Waals surface area contributed by atoms with Crippen LogP contribution < -0.4 is 4.90 Å². The first-order valence-corrected chi connectivity index (χ1v) is 9.14. The molecular weight excluding hydrogens is 359 g/mol. The molecule has 0 spiro atoms. The van der Waals surface area contributed by atoms with Gasteiger partial charge in [0.25, 0.3) is 5.91 Å². The van der Waals surface area contributed by atoms with Crippen LogP contribution in [-0.2, 0) is 11.3 Å². The molecule has 6 heteroatoms. The number of hydrogen-bond donors (Lipinski definition) is 0. The Kier molecular flexibility index (Phi) is 5.06. The zero-order valence-electron chi connectivity index (χ0n) is 16.7. The molecular formula is C22H23FN2O3. The topological polar surface area (TPSA) is 57.7 Å². The standard InChI is InChI=1S/C22H23FN2O3/c1-12-10-13(2)20(16(5)26)14(3)19(12)11-24-21(27)15(4)25(22(24)28)18-8-6-17(23)7-9-18/h6-10,15H,11H2,1-5H3. The monoisotopic (exact) mass is 382 g/mol. The van der Waals surface area contributed by atoms with Crippen LogP contribution >= 0.6 is 0 Å². The summed E-state index contributed by atoms with van der Waals surface area (Å²) in [6.07, 6.45) is 0. The van der Waals surface area contributed by atoms with Crippen LogP contribution in [0.5, 0.6) is 0 Å². The molecule has 0 aliphatic carbocycles.